The standard InChI is InChI=1S/C11H15NO3S/c1-8-4-9(16-5-8)10(13)12-6-11(14)2-3-15-7-11/h4-5,14H,2-3,6-7H2,1H3,(H,12,13). The summed E-state index contributed by atoms with van der Waals surface area (Å²) in [6.45, 7) is 3.07. The van der Waals surface area contributed by atoms with E-state index in [0.717, 1.165) is 5.56 Å². The van der Waals surface area contributed by atoms with Gasteiger partial charge in [0.25, 0.3) is 5.91 Å². The lowest BCUT2D eigenvalue weighted by Crippen LogP contribution is -2.43. The molecule has 16 heavy (non-hydrogen) atoms. The van der Waals surface area contributed by atoms with Crippen LogP contribution in [0.5, 0.6) is 0 Å². The number of aliphatic hydroxyl groups is 1. The van der Waals surface area contributed by atoms with Gasteiger partial charge in [-0.3, -0.25) is 4.79 Å². The maximum Gasteiger partial charge on any atom is 0.261 e. The predicted molar refractivity (Wildman–Crippen MR) is 61.8 cm³/mol. The van der Waals surface area contributed by atoms with Gasteiger partial charge in [0, 0.05) is 19.6 Å². The molecule has 1 atom stereocenters. The maximum absolute atomic E-state index is 11.7. The molecule has 4 nitrogen and oxygen atoms in total. The molecule has 1 aromatic heterocycles. The Morgan fingerprint density at radius 1 is 1.75 bits per heavy atom. The molecule has 1 amide bonds. The van der Waals surface area contributed by atoms with Gasteiger partial charge >= 0.3 is 0 Å². The fourth-order valence-corrected chi connectivity index (χ4v) is 2.43. The average molecular weight is 241 g/mol. The summed E-state index contributed by atoms with van der Waals surface area (Å²) in [6, 6.07) is 1.84. The van der Waals surface area contributed by atoms with Crippen molar-refractivity contribution >= 4 is 17.2 Å². The minimum absolute atomic E-state index is 0.126. The van der Waals surface area contributed by atoms with Gasteiger partial charge in [0.05, 0.1) is 11.5 Å². The third-order valence-electron chi connectivity index (χ3n) is 2.61. The quantitative estimate of drug-likeness (QED) is 0.828. The Labute approximate surface area is 98.2 Å². The van der Waals surface area contributed by atoms with E-state index in [0.29, 0.717) is 24.5 Å². The number of rotatable bonds is 3. The largest absolute Gasteiger partial charge is 0.386 e. The van der Waals surface area contributed by atoms with Gasteiger partial charge in [-0.1, -0.05) is 0 Å². The fraction of sp³-hybridized carbons (Fsp3) is 0.545. The molecule has 0 spiro atoms. The minimum Gasteiger partial charge on any atom is -0.386 e. The summed E-state index contributed by atoms with van der Waals surface area (Å²) in [6.07, 6.45) is 0.580. The van der Waals surface area contributed by atoms with Gasteiger partial charge in [-0.15, -0.1) is 11.3 Å². The van der Waals surface area contributed by atoms with Crippen LogP contribution >= 0.6 is 11.3 Å². The molecule has 0 aromatic carbocycles. The van der Waals surface area contributed by atoms with Gasteiger partial charge in [-0.25, -0.2) is 0 Å². The summed E-state index contributed by atoms with van der Waals surface area (Å²) >= 11 is 1.41. The summed E-state index contributed by atoms with van der Waals surface area (Å²) in [5.74, 6) is -0.126. The van der Waals surface area contributed by atoms with E-state index in [4.69, 9.17) is 4.74 Å². The van der Waals surface area contributed by atoms with E-state index >= 15 is 0 Å². The third kappa shape index (κ3) is 2.61. The summed E-state index contributed by atoms with van der Waals surface area (Å²) < 4.78 is 5.10. The SMILES string of the molecule is Cc1csc(C(=O)NCC2(O)CCOC2)c1. The molecule has 0 bridgehead atoms. The molecule has 0 aliphatic carbocycles. The van der Waals surface area contributed by atoms with E-state index in [1.165, 1.54) is 11.3 Å². The maximum atomic E-state index is 11.7. The second-order valence-electron chi connectivity index (χ2n) is 4.20. The smallest absolute Gasteiger partial charge is 0.261 e. The zero-order valence-corrected chi connectivity index (χ0v) is 9.97. The van der Waals surface area contributed by atoms with E-state index in [2.05, 4.69) is 5.32 Å². The number of aryl methyl sites for hydroxylation is 1. The average Bonchev–Trinajstić information content (AvgIpc) is 2.85. The molecule has 2 rings (SSSR count). The molecule has 1 fully saturated rings. The first-order valence-electron chi connectivity index (χ1n) is 5.23. The first-order valence-corrected chi connectivity index (χ1v) is 6.10. The van der Waals surface area contributed by atoms with Crippen molar-refractivity contribution in [3.63, 3.8) is 0 Å². The van der Waals surface area contributed by atoms with E-state index in [-0.39, 0.29) is 12.5 Å². The number of nitrogens with one attached hydrogen (secondary N) is 1. The first kappa shape index (κ1) is 11.6. The van der Waals surface area contributed by atoms with Gasteiger partial charge < -0.3 is 15.2 Å². The van der Waals surface area contributed by atoms with Crippen LogP contribution in [0.15, 0.2) is 11.4 Å². The van der Waals surface area contributed by atoms with Crippen LogP contribution in [0.2, 0.25) is 0 Å². The molecule has 2 N–H and O–H groups in total. The van der Waals surface area contributed by atoms with Crippen molar-refractivity contribution in [1.82, 2.24) is 5.32 Å². The Bertz CT molecular complexity index is 382. The second kappa shape index (κ2) is 4.53. The zero-order valence-electron chi connectivity index (χ0n) is 9.16. The van der Waals surface area contributed by atoms with Crippen molar-refractivity contribution in [2.75, 3.05) is 19.8 Å². The number of amides is 1. The van der Waals surface area contributed by atoms with E-state index in [1.807, 2.05) is 18.4 Å². The zero-order chi connectivity index (χ0) is 11.6. The van der Waals surface area contributed by atoms with Crippen molar-refractivity contribution in [2.24, 2.45) is 0 Å². The topological polar surface area (TPSA) is 58.6 Å². The minimum atomic E-state index is -0.887. The molecular weight excluding hydrogens is 226 g/mol. The van der Waals surface area contributed by atoms with Crippen LogP contribution in [-0.4, -0.2) is 36.4 Å². The summed E-state index contributed by atoms with van der Waals surface area (Å²) in [5.41, 5.74) is 0.195. The molecule has 2 heterocycles. The molecule has 0 radical (unpaired) electrons. The van der Waals surface area contributed by atoms with E-state index in [1.54, 1.807) is 0 Å². The number of hydrogen-bond acceptors (Lipinski definition) is 4. The van der Waals surface area contributed by atoms with Crippen LogP contribution in [0.25, 0.3) is 0 Å². The van der Waals surface area contributed by atoms with Crippen LogP contribution in [0.3, 0.4) is 0 Å². The van der Waals surface area contributed by atoms with Gasteiger partial charge in [0.1, 0.15) is 5.60 Å². The van der Waals surface area contributed by atoms with E-state index < -0.39 is 5.60 Å². The Hall–Kier alpha value is -0.910. The summed E-state index contributed by atoms with van der Waals surface area (Å²) in [7, 11) is 0. The Morgan fingerprint density at radius 2 is 2.56 bits per heavy atom. The highest BCUT2D eigenvalue weighted by atomic mass is 32.1. The molecule has 1 aromatic rings. The molecule has 1 saturated heterocycles. The number of ether oxygens (including phenoxy) is 1. The lowest BCUT2D eigenvalue weighted by Gasteiger charge is -2.20. The van der Waals surface area contributed by atoms with Crippen LogP contribution < -0.4 is 5.32 Å². The summed E-state index contributed by atoms with van der Waals surface area (Å²) in [5, 5.41) is 14.6. The van der Waals surface area contributed by atoms with Gasteiger partial charge in [0.15, 0.2) is 0 Å². The molecule has 88 valence electrons. The Balaban J connectivity index is 1.88. The highest BCUT2D eigenvalue weighted by Crippen LogP contribution is 2.18. The molecule has 1 aliphatic rings. The van der Waals surface area contributed by atoms with Crippen LogP contribution in [0, 0.1) is 6.92 Å². The predicted octanol–water partition coefficient (Wildman–Crippen LogP) is 0.938. The van der Waals surface area contributed by atoms with Crippen molar-refractivity contribution in [2.45, 2.75) is 18.9 Å². The highest BCUT2D eigenvalue weighted by molar-refractivity contribution is 7.12. The Morgan fingerprint density at radius 3 is 3.12 bits per heavy atom. The molecule has 1 aliphatic heterocycles. The summed E-state index contributed by atoms with van der Waals surface area (Å²) in [4.78, 5) is 12.4. The van der Waals surface area contributed by atoms with Crippen molar-refractivity contribution in [3.05, 3.63) is 21.9 Å². The lowest BCUT2D eigenvalue weighted by atomic mass is 10.0. The Kier molecular flexibility index (Phi) is 3.28. The van der Waals surface area contributed by atoms with Crippen molar-refractivity contribution < 1.29 is 14.6 Å². The van der Waals surface area contributed by atoms with E-state index in [9.17, 15) is 9.90 Å². The molecule has 0 saturated carbocycles. The lowest BCUT2D eigenvalue weighted by molar-refractivity contribution is 0.0265. The van der Waals surface area contributed by atoms with Gasteiger partial charge in [0.2, 0.25) is 0 Å². The highest BCUT2D eigenvalue weighted by Gasteiger charge is 2.32. The normalized spacial score (nSPS) is 24.6. The third-order valence-corrected chi connectivity index (χ3v) is 3.66. The molecule has 1 unspecified atom stereocenters. The van der Waals surface area contributed by atoms with Crippen molar-refractivity contribution in [1.29, 1.82) is 0 Å². The fourth-order valence-electron chi connectivity index (χ4n) is 1.62. The van der Waals surface area contributed by atoms with Gasteiger partial charge in [-0.2, -0.15) is 0 Å². The number of hydrogen-bond donors (Lipinski definition) is 2. The monoisotopic (exact) mass is 241 g/mol. The first-order chi connectivity index (χ1) is 7.59. The molecule has 5 heteroatoms. The van der Waals surface area contributed by atoms with Gasteiger partial charge in [-0.05, 0) is 23.9 Å². The van der Waals surface area contributed by atoms with Crippen molar-refractivity contribution in [3.8, 4) is 0 Å². The number of thiophene rings is 1. The number of carbonyl (C=O) groups is 1. The second-order valence-corrected chi connectivity index (χ2v) is 5.11. The van der Waals surface area contributed by atoms with Crippen LogP contribution in [0.4, 0.5) is 0 Å². The number of carbonyl (C=O) groups excluding carboxylic acids is 1. The van der Waals surface area contributed by atoms with Crippen LogP contribution in [0.1, 0.15) is 21.7 Å². The van der Waals surface area contributed by atoms with Crippen LogP contribution in [-0.2, 0) is 4.74 Å². The molecular formula is C11H15NO3S.